The van der Waals surface area contributed by atoms with E-state index in [9.17, 15) is 14.9 Å². The van der Waals surface area contributed by atoms with Gasteiger partial charge in [-0.05, 0) is 37.5 Å². The molecule has 0 saturated carbocycles. The van der Waals surface area contributed by atoms with E-state index in [0.717, 1.165) is 37.3 Å². The van der Waals surface area contributed by atoms with Crippen molar-refractivity contribution in [3.8, 4) is 0 Å². The molecular formula is C20H23N5O3. The lowest BCUT2D eigenvalue weighted by Crippen LogP contribution is -2.30. The number of carbonyl (C=O) groups is 1. The normalized spacial score (nSPS) is 14.1. The van der Waals surface area contributed by atoms with Crippen LogP contribution in [0.1, 0.15) is 24.8 Å². The average molecular weight is 381 g/mol. The molecule has 1 aliphatic rings. The maximum absolute atomic E-state index is 12.0. The van der Waals surface area contributed by atoms with Crippen LogP contribution in [-0.4, -0.2) is 36.7 Å². The van der Waals surface area contributed by atoms with Crippen LogP contribution in [0.5, 0.6) is 0 Å². The summed E-state index contributed by atoms with van der Waals surface area (Å²) in [6.45, 7) is 1.90. The van der Waals surface area contributed by atoms with Gasteiger partial charge >= 0.3 is 0 Å². The zero-order chi connectivity index (χ0) is 19.8. The van der Waals surface area contributed by atoms with Crippen LogP contribution in [0.3, 0.4) is 0 Å². The molecule has 2 N–H and O–H groups in total. The molecule has 1 aliphatic heterocycles. The second kappa shape index (κ2) is 9.50. The van der Waals surface area contributed by atoms with Crippen molar-refractivity contribution >= 4 is 29.2 Å². The van der Waals surface area contributed by atoms with Crippen molar-refractivity contribution in [1.29, 1.82) is 0 Å². The van der Waals surface area contributed by atoms with Gasteiger partial charge in [-0.3, -0.25) is 14.9 Å². The van der Waals surface area contributed by atoms with Gasteiger partial charge < -0.3 is 10.2 Å². The minimum Gasteiger partial charge on any atom is -0.376 e. The number of nitro groups is 1. The molecular weight excluding hydrogens is 358 g/mol. The molecule has 1 heterocycles. The maximum Gasteiger partial charge on any atom is 0.270 e. The van der Waals surface area contributed by atoms with Crippen LogP contribution in [0.25, 0.3) is 0 Å². The first kappa shape index (κ1) is 19.3. The van der Waals surface area contributed by atoms with Crippen LogP contribution in [0.15, 0.2) is 53.6 Å². The van der Waals surface area contributed by atoms with Gasteiger partial charge in [0.1, 0.15) is 0 Å². The predicted molar refractivity (Wildman–Crippen MR) is 110 cm³/mol. The fourth-order valence-electron chi connectivity index (χ4n) is 3.13. The highest BCUT2D eigenvalue weighted by atomic mass is 16.6. The lowest BCUT2D eigenvalue weighted by Gasteiger charge is -2.29. The maximum atomic E-state index is 12.0. The van der Waals surface area contributed by atoms with E-state index >= 15 is 0 Å². The van der Waals surface area contributed by atoms with Crippen LogP contribution in [0.4, 0.5) is 17.1 Å². The number of nitrogens with zero attached hydrogens (tertiary/aromatic N) is 3. The third-order valence-corrected chi connectivity index (χ3v) is 4.54. The smallest absolute Gasteiger partial charge is 0.270 e. The molecule has 0 radical (unpaired) electrons. The molecule has 0 aromatic heterocycles. The van der Waals surface area contributed by atoms with E-state index in [-0.39, 0.29) is 18.1 Å². The number of amides is 1. The number of anilines is 2. The predicted octanol–water partition coefficient (Wildman–Crippen LogP) is 3.15. The first-order chi connectivity index (χ1) is 13.6. The quantitative estimate of drug-likeness (QED) is 0.436. The number of hydrogen-bond acceptors (Lipinski definition) is 6. The van der Waals surface area contributed by atoms with Crippen molar-refractivity contribution in [2.75, 3.05) is 29.9 Å². The Bertz CT molecular complexity index is 848. The largest absolute Gasteiger partial charge is 0.376 e. The lowest BCUT2D eigenvalue weighted by molar-refractivity contribution is -0.384. The number of piperidine rings is 1. The Hall–Kier alpha value is -3.42. The second-order valence-corrected chi connectivity index (χ2v) is 6.56. The zero-order valence-corrected chi connectivity index (χ0v) is 15.5. The van der Waals surface area contributed by atoms with Crippen molar-refractivity contribution in [3.63, 3.8) is 0 Å². The molecule has 0 aliphatic carbocycles. The summed E-state index contributed by atoms with van der Waals surface area (Å²) in [7, 11) is 0. The first-order valence-electron chi connectivity index (χ1n) is 9.28. The van der Waals surface area contributed by atoms with E-state index in [1.807, 2.05) is 30.3 Å². The third kappa shape index (κ3) is 5.29. The molecule has 146 valence electrons. The molecule has 8 nitrogen and oxygen atoms in total. The fourth-order valence-corrected chi connectivity index (χ4v) is 3.13. The summed E-state index contributed by atoms with van der Waals surface area (Å²) in [5.41, 5.74) is 4.81. The minimum absolute atomic E-state index is 0.000666. The van der Waals surface area contributed by atoms with Gasteiger partial charge in [0.05, 0.1) is 17.7 Å². The fraction of sp³-hybridized carbons (Fsp3) is 0.300. The Balaban J connectivity index is 1.66. The van der Waals surface area contributed by atoms with Crippen LogP contribution in [-0.2, 0) is 4.79 Å². The van der Waals surface area contributed by atoms with Crippen LogP contribution < -0.4 is 15.6 Å². The third-order valence-electron chi connectivity index (χ3n) is 4.54. The Labute approximate surface area is 163 Å². The van der Waals surface area contributed by atoms with Crippen LogP contribution in [0, 0.1) is 10.1 Å². The molecule has 0 bridgehead atoms. The van der Waals surface area contributed by atoms with Crippen molar-refractivity contribution in [3.05, 3.63) is 64.2 Å². The van der Waals surface area contributed by atoms with Gasteiger partial charge in [-0.15, -0.1) is 0 Å². The number of rotatable bonds is 7. The number of hydrogen-bond donors (Lipinski definition) is 2. The van der Waals surface area contributed by atoms with E-state index in [1.165, 1.54) is 24.8 Å². The number of carbonyl (C=O) groups excluding carboxylic acids is 1. The van der Waals surface area contributed by atoms with E-state index in [2.05, 4.69) is 20.7 Å². The van der Waals surface area contributed by atoms with Gasteiger partial charge in [-0.25, -0.2) is 5.43 Å². The van der Waals surface area contributed by atoms with E-state index in [4.69, 9.17) is 0 Å². The summed E-state index contributed by atoms with van der Waals surface area (Å²) in [4.78, 5) is 24.8. The Kier molecular flexibility index (Phi) is 6.56. The van der Waals surface area contributed by atoms with Crippen molar-refractivity contribution in [2.24, 2.45) is 5.10 Å². The zero-order valence-electron chi connectivity index (χ0n) is 15.5. The van der Waals surface area contributed by atoms with Gasteiger partial charge in [-0.1, -0.05) is 18.2 Å². The molecule has 3 rings (SSSR count). The number of nitrogens with one attached hydrogen (secondary N) is 2. The highest BCUT2D eigenvalue weighted by Gasteiger charge is 2.17. The summed E-state index contributed by atoms with van der Waals surface area (Å²) >= 11 is 0. The Morgan fingerprint density at radius 2 is 1.89 bits per heavy atom. The number of hydrazone groups is 1. The molecule has 8 heteroatoms. The highest BCUT2D eigenvalue weighted by Crippen LogP contribution is 2.26. The van der Waals surface area contributed by atoms with Crippen molar-refractivity contribution in [1.82, 2.24) is 5.43 Å². The first-order valence-corrected chi connectivity index (χ1v) is 9.28. The van der Waals surface area contributed by atoms with E-state index < -0.39 is 4.92 Å². The molecule has 1 saturated heterocycles. The van der Waals surface area contributed by atoms with Gasteiger partial charge in [0.2, 0.25) is 0 Å². The number of para-hydroxylation sites is 1. The summed E-state index contributed by atoms with van der Waals surface area (Å²) in [6.07, 6.45) is 4.85. The van der Waals surface area contributed by atoms with E-state index in [0.29, 0.717) is 5.56 Å². The average Bonchev–Trinajstić information content (AvgIpc) is 2.73. The summed E-state index contributed by atoms with van der Waals surface area (Å²) in [5, 5.41) is 18.1. The Morgan fingerprint density at radius 1 is 1.14 bits per heavy atom. The minimum atomic E-state index is -0.431. The molecule has 28 heavy (non-hydrogen) atoms. The van der Waals surface area contributed by atoms with Crippen molar-refractivity contribution < 1.29 is 9.72 Å². The van der Waals surface area contributed by atoms with Gasteiger partial charge in [0.15, 0.2) is 0 Å². The molecule has 2 aromatic rings. The van der Waals surface area contributed by atoms with Gasteiger partial charge in [0.25, 0.3) is 11.6 Å². The van der Waals surface area contributed by atoms with Gasteiger partial charge in [0, 0.05) is 42.2 Å². The molecule has 2 aromatic carbocycles. The van der Waals surface area contributed by atoms with Gasteiger partial charge in [-0.2, -0.15) is 5.10 Å². The lowest BCUT2D eigenvalue weighted by atomic mass is 10.1. The SMILES string of the molecule is O=C(CNc1ccccc1)N/N=C\c1cc([N+](=O)[O-])ccc1N1CCCCC1. The molecule has 1 fully saturated rings. The van der Waals surface area contributed by atoms with Crippen LogP contribution in [0.2, 0.25) is 0 Å². The Morgan fingerprint density at radius 3 is 2.61 bits per heavy atom. The molecule has 0 spiro atoms. The summed E-state index contributed by atoms with van der Waals surface area (Å²) in [5.74, 6) is -0.301. The molecule has 0 unspecified atom stereocenters. The van der Waals surface area contributed by atoms with Crippen LogP contribution >= 0.6 is 0 Å². The highest BCUT2D eigenvalue weighted by molar-refractivity contribution is 5.90. The van der Waals surface area contributed by atoms with Crippen molar-refractivity contribution in [2.45, 2.75) is 19.3 Å². The number of benzene rings is 2. The molecule has 0 atom stereocenters. The monoisotopic (exact) mass is 381 g/mol. The number of non-ortho nitro benzene ring substituents is 1. The number of nitro benzene ring substituents is 1. The summed E-state index contributed by atoms with van der Waals surface area (Å²) in [6, 6.07) is 14.1. The summed E-state index contributed by atoms with van der Waals surface area (Å²) < 4.78 is 0. The topological polar surface area (TPSA) is 99.9 Å². The molecule has 1 amide bonds. The standard InChI is InChI=1S/C20H23N5O3/c26-20(15-21-17-7-3-1-4-8-17)23-22-14-16-13-18(25(27)28)9-10-19(16)24-11-5-2-6-12-24/h1,3-4,7-10,13-14,21H,2,5-6,11-12,15H2,(H,23,26)/b22-14-. The van der Waals surface area contributed by atoms with E-state index in [1.54, 1.807) is 6.07 Å². The second-order valence-electron chi connectivity index (χ2n) is 6.56.